The minimum absolute atomic E-state index is 0.167. The molecule has 2 heterocycles. The van der Waals surface area contributed by atoms with Gasteiger partial charge in [0, 0.05) is 23.6 Å². The Morgan fingerprint density at radius 3 is 2.91 bits per heavy atom. The Kier molecular flexibility index (Phi) is 4.50. The molecular weight excluding hydrogens is 314 g/mol. The van der Waals surface area contributed by atoms with E-state index in [-0.39, 0.29) is 5.91 Å². The molecule has 6 heteroatoms. The molecule has 0 aliphatic heterocycles. The van der Waals surface area contributed by atoms with Crippen LogP contribution in [0.3, 0.4) is 0 Å². The molecule has 0 atom stereocenters. The first-order valence-electron chi connectivity index (χ1n) is 6.92. The summed E-state index contributed by atoms with van der Waals surface area (Å²) in [7, 11) is 0. The average molecular weight is 329 g/mol. The van der Waals surface area contributed by atoms with Crippen molar-refractivity contribution in [3.8, 4) is 0 Å². The molecule has 3 rings (SSSR count). The quantitative estimate of drug-likeness (QED) is 0.645. The van der Waals surface area contributed by atoms with Crippen molar-refractivity contribution < 1.29 is 4.79 Å². The molecule has 1 amide bonds. The summed E-state index contributed by atoms with van der Waals surface area (Å²) in [6, 6.07) is 11.8. The van der Waals surface area contributed by atoms with Crippen molar-refractivity contribution in [3.05, 3.63) is 58.4 Å². The zero-order valence-corrected chi connectivity index (χ0v) is 13.4. The molecule has 112 valence electrons. The van der Waals surface area contributed by atoms with Gasteiger partial charge in [0.25, 0.3) is 5.91 Å². The minimum atomic E-state index is -0.167. The molecule has 0 aliphatic rings. The van der Waals surface area contributed by atoms with Gasteiger partial charge < -0.3 is 10.3 Å². The van der Waals surface area contributed by atoms with Gasteiger partial charge in [0.2, 0.25) is 0 Å². The smallest absolute Gasteiger partial charge is 0.267 e. The molecule has 0 aliphatic carbocycles. The summed E-state index contributed by atoms with van der Waals surface area (Å²) in [4.78, 5) is 15.8. The van der Waals surface area contributed by atoms with Gasteiger partial charge in [-0.15, -0.1) is 11.3 Å². The molecule has 1 aromatic carbocycles. The first-order valence-corrected chi connectivity index (χ1v) is 8.20. The minimum Gasteiger partial charge on any atom is -0.362 e. The summed E-state index contributed by atoms with van der Waals surface area (Å²) in [6.45, 7) is 0.672. The Morgan fingerprint density at radius 1 is 1.23 bits per heavy atom. The first-order chi connectivity index (χ1) is 10.7. The van der Waals surface area contributed by atoms with Crippen LogP contribution >= 0.6 is 23.6 Å². The van der Waals surface area contributed by atoms with Crippen molar-refractivity contribution in [1.82, 2.24) is 15.6 Å². The zero-order chi connectivity index (χ0) is 15.4. The molecule has 0 saturated heterocycles. The van der Waals surface area contributed by atoms with Gasteiger partial charge in [0.1, 0.15) is 0 Å². The van der Waals surface area contributed by atoms with Crippen LogP contribution in [0.1, 0.15) is 15.2 Å². The van der Waals surface area contributed by atoms with E-state index in [1.165, 1.54) is 22.3 Å². The maximum Gasteiger partial charge on any atom is 0.267 e. The van der Waals surface area contributed by atoms with Crippen molar-refractivity contribution in [2.75, 3.05) is 6.54 Å². The molecule has 0 fully saturated rings. The predicted molar refractivity (Wildman–Crippen MR) is 94.4 cm³/mol. The van der Waals surface area contributed by atoms with Crippen LogP contribution in [0.2, 0.25) is 0 Å². The summed E-state index contributed by atoms with van der Waals surface area (Å²) in [6.07, 6.45) is 2.85. The first kappa shape index (κ1) is 14.7. The molecule has 2 aromatic heterocycles. The highest BCUT2D eigenvalue weighted by Crippen LogP contribution is 2.17. The lowest BCUT2D eigenvalue weighted by Gasteiger charge is -2.08. The van der Waals surface area contributed by atoms with Crippen LogP contribution in [0.4, 0.5) is 0 Å². The lowest BCUT2D eigenvalue weighted by atomic mass is 10.1. The fraction of sp³-hybridized carbons (Fsp3) is 0.125. The third kappa shape index (κ3) is 3.35. The van der Waals surface area contributed by atoms with Gasteiger partial charge in [-0.2, -0.15) is 0 Å². The van der Waals surface area contributed by atoms with Gasteiger partial charge >= 0.3 is 0 Å². The highest BCUT2D eigenvalue weighted by molar-refractivity contribution is 7.80. The number of aromatic amines is 1. The van der Waals surface area contributed by atoms with Crippen LogP contribution in [-0.2, 0) is 6.42 Å². The number of amides is 1. The zero-order valence-electron chi connectivity index (χ0n) is 11.8. The second-order valence-corrected chi connectivity index (χ2v) is 6.15. The maximum atomic E-state index is 11.8. The number of hydrogen-bond acceptors (Lipinski definition) is 3. The molecule has 0 spiro atoms. The number of H-pyrrole nitrogens is 1. The van der Waals surface area contributed by atoms with Gasteiger partial charge in [-0.3, -0.25) is 10.1 Å². The van der Waals surface area contributed by atoms with Crippen LogP contribution < -0.4 is 10.6 Å². The number of nitrogens with one attached hydrogen (secondary N) is 3. The second kappa shape index (κ2) is 6.72. The summed E-state index contributed by atoms with van der Waals surface area (Å²) >= 11 is 6.54. The van der Waals surface area contributed by atoms with Crippen LogP contribution in [-0.4, -0.2) is 22.5 Å². The van der Waals surface area contributed by atoms with E-state index in [9.17, 15) is 4.79 Å². The van der Waals surface area contributed by atoms with Gasteiger partial charge in [0.15, 0.2) is 5.11 Å². The van der Waals surface area contributed by atoms with Crippen LogP contribution in [0, 0.1) is 0 Å². The van der Waals surface area contributed by atoms with Crippen molar-refractivity contribution in [2.45, 2.75) is 6.42 Å². The van der Waals surface area contributed by atoms with E-state index in [0.717, 1.165) is 11.9 Å². The standard InChI is InChI=1S/C16H15N3OS2/c20-15(14-6-3-9-22-14)19-16(21)17-8-7-11-10-18-13-5-2-1-4-12(11)13/h1-6,9-10,18H,7-8H2,(H2,17,19,20,21). The summed E-state index contributed by atoms with van der Waals surface area (Å²) in [5, 5.41) is 9.20. The molecule has 4 nitrogen and oxygen atoms in total. The fourth-order valence-corrected chi connectivity index (χ4v) is 3.08. The number of hydrogen-bond donors (Lipinski definition) is 3. The van der Waals surface area contributed by atoms with E-state index in [2.05, 4.69) is 27.8 Å². The second-order valence-electron chi connectivity index (χ2n) is 4.80. The van der Waals surface area contributed by atoms with Gasteiger partial charge in [0.05, 0.1) is 4.88 Å². The Hall–Kier alpha value is -2.18. The third-order valence-corrected chi connectivity index (χ3v) is 4.44. The maximum absolute atomic E-state index is 11.8. The molecular formula is C16H15N3OS2. The Labute approximate surface area is 137 Å². The number of para-hydroxylation sites is 1. The number of rotatable bonds is 4. The molecule has 0 radical (unpaired) electrons. The van der Waals surface area contributed by atoms with E-state index >= 15 is 0 Å². The number of thiophene rings is 1. The van der Waals surface area contributed by atoms with Crippen molar-refractivity contribution >= 4 is 45.5 Å². The largest absolute Gasteiger partial charge is 0.362 e. The van der Waals surface area contributed by atoms with Gasteiger partial charge in [-0.05, 0) is 41.7 Å². The number of benzene rings is 1. The SMILES string of the molecule is O=C(NC(=S)NCCc1c[nH]c2ccccc12)c1cccs1. The molecule has 0 unspecified atom stereocenters. The lowest BCUT2D eigenvalue weighted by molar-refractivity contribution is 0.0980. The predicted octanol–water partition coefficient (Wildman–Crippen LogP) is 3.08. The van der Waals surface area contributed by atoms with Crippen molar-refractivity contribution in [1.29, 1.82) is 0 Å². The molecule has 0 bridgehead atoms. The van der Waals surface area contributed by atoms with E-state index in [4.69, 9.17) is 12.2 Å². The summed E-state index contributed by atoms with van der Waals surface area (Å²) in [5.41, 5.74) is 2.36. The normalized spacial score (nSPS) is 10.5. The highest BCUT2D eigenvalue weighted by atomic mass is 32.1. The van der Waals surface area contributed by atoms with Crippen molar-refractivity contribution in [2.24, 2.45) is 0 Å². The van der Waals surface area contributed by atoms with Gasteiger partial charge in [-0.25, -0.2) is 0 Å². The third-order valence-electron chi connectivity index (χ3n) is 3.33. The lowest BCUT2D eigenvalue weighted by Crippen LogP contribution is -2.39. The van der Waals surface area contributed by atoms with E-state index in [1.807, 2.05) is 29.8 Å². The van der Waals surface area contributed by atoms with Crippen LogP contribution in [0.15, 0.2) is 48.0 Å². The molecule has 3 aromatic rings. The van der Waals surface area contributed by atoms with Crippen LogP contribution in [0.25, 0.3) is 10.9 Å². The number of carbonyl (C=O) groups excluding carboxylic acids is 1. The Morgan fingerprint density at radius 2 is 2.09 bits per heavy atom. The van der Waals surface area contributed by atoms with Crippen molar-refractivity contribution in [3.63, 3.8) is 0 Å². The topological polar surface area (TPSA) is 56.9 Å². The van der Waals surface area contributed by atoms with Gasteiger partial charge in [-0.1, -0.05) is 24.3 Å². The Bertz CT molecular complexity index is 793. The Balaban J connectivity index is 1.50. The molecule has 3 N–H and O–H groups in total. The van der Waals surface area contributed by atoms with E-state index < -0.39 is 0 Å². The van der Waals surface area contributed by atoms with Crippen LogP contribution in [0.5, 0.6) is 0 Å². The van der Waals surface area contributed by atoms with E-state index in [0.29, 0.717) is 16.5 Å². The number of thiocarbonyl (C=S) groups is 1. The number of carbonyl (C=O) groups is 1. The number of fused-ring (bicyclic) bond motifs is 1. The highest BCUT2D eigenvalue weighted by Gasteiger charge is 2.08. The average Bonchev–Trinajstić information content (AvgIpc) is 3.17. The fourth-order valence-electron chi connectivity index (χ4n) is 2.27. The molecule has 22 heavy (non-hydrogen) atoms. The number of aromatic nitrogens is 1. The molecule has 0 saturated carbocycles. The van der Waals surface area contributed by atoms with E-state index in [1.54, 1.807) is 6.07 Å². The summed E-state index contributed by atoms with van der Waals surface area (Å²) in [5.74, 6) is -0.167. The summed E-state index contributed by atoms with van der Waals surface area (Å²) < 4.78 is 0. The monoisotopic (exact) mass is 329 g/mol.